The number of hydrogen-bond acceptors (Lipinski definition) is 8. The molecule has 0 saturated carbocycles. The molecular weight excluding hydrogens is 484 g/mol. The molecule has 1 aromatic rings. The van der Waals surface area contributed by atoms with Crippen molar-refractivity contribution < 1.29 is 27.5 Å². The molecule has 0 amide bonds. The van der Waals surface area contributed by atoms with E-state index in [4.69, 9.17) is 22.4 Å². The van der Waals surface area contributed by atoms with E-state index in [1.165, 1.54) is 4.57 Å². The molecule has 35 heavy (non-hydrogen) atoms. The fourth-order valence-electron chi connectivity index (χ4n) is 5.49. The Morgan fingerprint density at radius 3 is 2.17 bits per heavy atom. The first-order chi connectivity index (χ1) is 16.2. The monoisotopic (exact) mass is 528 g/mol. The van der Waals surface area contributed by atoms with Crippen molar-refractivity contribution in [1.82, 2.24) is 9.55 Å². The molecule has 0 spiro atoms. The Labute approximate surface area is 211 Å². The fraction of sp³-hybridized carbons (Fsp3) is 0.833. The van der Waals surface area contributed by atoms with Crippen molar-refractivity contribution in [3.8, 4) is 5.88 Å². The summed E-state index contributed by atoms with van der Waals surface area (Å²) in [6.45, 7) is 21.3. The molecule has 1 unspecified atom stereocenters. The van der Waals surface area contributed by atoms with Gasteiger partial charge < -0.3 is 27.5 Å². The van der Waals surface area contributed by atoms with Crippen molar-refractivity contribution >= 4 is 17.1 Å². The summed E-state index contributed by atoms with van der Waals surface area (Å²) in [7, 11) is -5.68. The lowest BCUT2D eigenvalue weighted by Gasteiger charge is -2.52. The second-order valence-electron chi connectivity index (χ2n) is 11.2. The third kappa shape index (κ3) is 4.93. The minimum absolute atomic E-state index is 0.110. The first-order valence-electron chi connectivity index (χ1n) is 12.8. The molecule has 0 aliphatic carbocycles. The van der Waals surface area contributed by atoms with Crippen LogP contribution < -0.4 is 10.4 Å². The highest BCUT2D eigenvalue weighted by Crippen LogP contribution is 2.50. The van der Waals surface area contributed by atoms with E-state index in [1.54, 1.807) is 19.2 Å². The summed E-state index contributed by atoms with van der Waals surface area (Å²) in [5.74, 6) is 0.237. The van der Waals surface area contributed by atoms with Crippen LogP contribution in [0.3, 0.4) is 0 Å². The minimum atomic E-state index is -2.95. The smallest absolute Gasteiger partial charge is 0.353 e. The second-order valence-corrected chi connectivity index (χ2v) is 20.0. The highest BCUT2D eigenvalue weighted by Gasteiger charge is 2.64. The Kier molecular flexibility index (Phi) is 8.42. The fourth-order valence-corrected chi connectivity index (χ4v) is 16.8. The van der Waals surface area contributed by atoms with Crippen LogP contribution in [0.25, 0.3) is 0 Å². The van der Waals surface area contributed by atoms with Crippen molar-refractivity contribution in [1.29, 1.82) is 0 Å². The van der Waals surface area contributed by atoms with Crippen LogP contribution in [0.5, 0.6) is 5.88 Å². The molecule has 0 radical (unpaired) electrons. The molecule has 2 aliphatic rings. The summed E-state index contributed by atoms with van der Waals surface area (Å²) in [4.78, 5) is 16.9. The van der Waals surface area contributed by atoms with Crippen LogP contribution in [-0.2, 0) is 17.7 Å². The van der Waals surface area contributed by atoms with E-state index < -0.39 is 46.8 Å². The maximum atomic E-state index is 12.9. The van der Waals surface area contributed by atoms with Crippen molar-refractivity contribution in [2.24, 2.45) is 0 Å². The van der Waals surface area contributed by atoms with Gasteiger partial charge in [0.2, 0.25) is 5.88 Å². The van der Waals surface area contributed by atoms with Crippen molar-refractivity contribution in [2.45, 2.75) is 115 Å². The Bertz CT molecular complexity index is 919. The summed E-state index contributed by atoms with van der Waals surface area (Å²) in [5.41, 5.74) is -1.46. The number of aliphatic hydroxyl groups is 1. The van der Waals surface area contributed by atoms with Crippen molar-refractivity contribution in [3.05, 3.63) is 22.7 Å². The summed E-state index contributed by atoms with van der Waals surface area (Å²) >= 11 is 0. The van der Waals surface area contributed by atoms with E-state index in [1.807, 2.05) is 6.92 Å². The van der Waals surface area contributed by atoms with Crippen molar-refractivity contribution in [2.75, 3.05) is 13.2 Å². The zero-order valence-electron chi connectivity index (χ0n) is 22.9. The number of hydrogen-bond donors (Lipinski definition) is 1. The SMILES string of the molecule is CCOc1ccn([C@@H]2O[C@H]3CO[Si](C(C)C)(C(C)C)O[Si](C(C)C)(C(C)C)O[C@@H]3C2(C)O)c(=O)n1. The largest absolute Gasteiger partial charge is 0.478 e. The number of rotatable bonds is 7. The highest BCUT2D eigenvalue weighted by molar-refractivity contribution is 6.84. The van der Waals surface area contributed by atoms with Gasteiger partial charge in [0.05, 0.1) is 13.2 Å². The highest BCUT2D eigenvalue weighted by atomic mass is 28.5. The molecular formula is C24H44N2O7Si2. The molecule has 1 aromatic heterocycles. The first kappa shape index (κ1) is 28.5. The standard InChI is InChI=1S/C24H44N2O7Si2/c1-11-29-20-12-13-26(23(27)25-20)22-24(10,28)21-19(31-22)14-30-34(15(2)3,16(4)5)33-35(32-21,17(6)7)18(8)9/h12-13,15-19,21-22,28H,11,14H2,1-10H3/t19-,21-,22+,24?/m0/s1. The molecule has 3 rings (SSSR count). The minimum Gasteiger partial charge on any atom is -0.478 e. The molecule has 2 aliphatic heterocycles. The third-order valence-corrected chi connectivity index (χ3v) is 17.6. The lowest BCUT2D eigenvalue weighted by molar-refractivity contribution is -0.0974. The summed E-state index contributed by atoms with van der Waals surface area (Å²) < 4.78 is 33.9. The predicted octanol–water partition coefficient (Wildman–Crippen LogP) is 4.25. The Hall–Kier alpha value is -1.09. The molecule has 200 valence electrons. The lowest BCUT2D eigenvalue weighted by Crippen LogP contribution is -2.66. The van der Waals surface area contributed by atoms with Gasteiger partial charge in [0, 0.05) is 12.3 Å². The molecule has 0 aromatic carbocycles. The third-order valence-electron chi connectivity index (χ3n) is 7.39. The molecule has 0 bridgehead atoms. The molecule has 2 saturated heterocycles. The van der Waals surface area contributed by atoms with Gasteiger partial charge in [-0.2, -0.15) is 4.98 Å². The summed E-state index contributed by atoms with van der Waals surface area (Å²) in [6.07, 6.45) is -0.734. The summed E-state index contributed by atoms with van der Waals surface area (Å²) in [6, 6.07) is 1.60. The average molecular weight is 529 g/mol. The van der Waals surface area contributed by atoms with Crippen LogP contribution in [0.15, 0.2) is 17.1 Å². The van der Waals surface area contributed by atoms with Gasteiger partial charge in [0.1, 0.15) is 17.8 Å². The number of aromatic nitrogens is 2. The molecule has 9 nitrogen and oxygen atoms in total. The van der Waals surface area contributed by atoms with Gasteiger partial charge in [0.15, 0.2) is 6.23 Å². The maximum absolute atomic E-state index is 12.9. The van der Waals surface area contributed by atoms with E-state index in [2.05, 4.69) is 60.4 Å². The van der Waals surface area contributed by atoms with Gasteiger partial charge in [-0.3, -0.25) is 4.57 Å². The van der Waals surface area contributed by atoms with Crippen LogP contribution in [0.2, 0.25) is 22.2 Å². The van der Waals surface area contributed by atoms with E-state index in [-0.39, 0.29) is 34.7 Å². The Morgan fingerprint density at radius 2 is 1.69 bits per heavy atom. The Balaban J connectivity index is 2.10. The number of ether oxygens (including phenoxy) is 2. The predicted molar refractivity (Wildman–Crippen MR) is 138 cm³/mol. The molecule has 4 atom stereocenters. The van der Waals surface area contributed by atoms with Gasteiger partial charge in [-0.1, -0.05) is 55.4 Å². The number of fused-ring (bicyclic) bond motifs is 1. The van der Waals surface area contributed by atoms with Gasteiger partial charge in [-0.15, -0.1) is 0 Å². The van der Waals surface area contributed by atoms with Gasteiger partial charge >= 0.3 is 22.8 Å². The van der Waals surface area contributed by atoms with E-state index in [0.29, 0.717) is 6.61 Å². The normalized spacial score (nSPS) is 30.5. The molecule has 11 heteroatoms. The zero-order chi connectivity index (χ0) is 26.3. The topological polar surface area (TPSA) is 101 Å². The lowest BCUT2D eigenvalue weighted by atomic mass is 9.96. The molecule has 1 N–H and O–H groups in total. The average Bonchev–Trinajstić information content (AvgIpc) is 2.97. The quantitative estimate of drug-likeness (QED) is 0.524. The number of nitrogens with zero attached hydrogens (tertiary/aromatic N) is 2. The van der Waals surface area contributed by atoms with Crippen LogP contribution in [0, 0.1) is 0 Å². The van der Waals surface area contributed by atoms with E-state index in [9.17, 15) is 9.90 Å². The Morgan fingerprint density at radius 1 is 1.11 bits per heavy atom. The molecule has 3 heterocycles. The van der Waals surface area contributed by atoms with Crippen LogP contribution in [0.4, 0.5) is 0 Å². The van der Waals surface area contributed by atoms with Crippen molar-refractivity contribution in [3.63, 3.8) is 0 Å². The van der Waals surface area contributed by atoms with Crippen LogP contribution >= 0.6 is 0 Å². The second kappa shape index (κ2) is 10.3. The van der Waals surface area contributed by atoms with Gasteiger partial charge in [-0.25, -0.2) is 4.79 Å². The van der Waals surface area contributed by atoms with E-state index in [0.717, 1.165) is 0 Å². The molecule has 2 fully saturated rings. The zero-order valence-corrected chi connectivity index (χ0v) is 24.9. The van der Waals surface area contributed by atoms with E-state index >= 15 is 0 Å². The first-order valence-corrected chi connectivity index (χ1v) is 16.8. The van der Waals surface area contributed by atoms with Gasteiger partial charge in [0.25, 0.3) is 0 Å². The maximum Gasteiger partial charge on any atom is 0.353 e. The van der Waals surface area contributed by atoms with Crippen LogP contribution in [-0.4, -0.2) is 62.8 Å². The van der Waals surface area contributed by atoms with Crippen LogP contribution in [0.1, 0.15) is 75.5 Å². The van der Waals surface area contributed by atoms with Gasteiger partial charge in [-0.05, 0) is 36.0 Å². The summed E-state index contributed by atoms with van der Waals surface area (Å²) in [5, 5.41) is 11.8.